The monoisotopic (exact) mass is 269 g/mol. The zero-order chi connectivity index (χ0) is 13.1. The van der Waals surface area contributed by atoms with Gasteiger partial charge >= 0.3 is 0 Å². The van der Waals surface area contributed by atoms with Crippen molar-refractivity contribution in [3.05, 3.63) is 34.6 Å². The number of carbonyl (C=O) groups is 1. The van der Waals surface area contributed by atoms with E-state index < -0.39 is 0 Å². The first-order valence-corrected chi connectivity index (χ1v) is 6.60. The van der Waals surface area contributed by atoms with E-state index in [1.54, 1.807) is 6.07 Å². The van der Waals surface area contributed by atoms with Crippen molar-refractivity contribution in [2.45, 2.75) is 38.3 Å². The highest BCUT2D eigenvalue weighted by molar-refractivity contribution is 6.31. The molecule has 0 spiro atoms. The predicted octanol–water partition coefficient (Wildman–Crippen LogP) is 3.42. The Balaban J connectivity index is 2.00. The number of Topliss-reactive ketones (excluding diaryl/α,β-unsaturated/α-hetero) is 1. The van der Waals surface area contributed by atoms with Crippen molar-refractivity contribution < 1.29 is 9.18 Å². The lowest BCUT2D eigenvalue weighted by Crippen LogP contribution is -2.34. The molecule has 0 saturated heterocycles. The Kier molecular flexibility index (Phi) is 4.36. The number of benzene rings is 1. The normalized spacial score (nSPS) is 17.4. The topological polar surface area (TPSA) is 20.3 Å². The molecule has 0 bridgehead atoms. The van der Waals surface area contributed by atoms with Crippen LogP contribution < -0.4 is 0 Å². The Bertz CT molecular complexity index is 439. The molecular formula is C14H17ClFNO. The lowest BCUT2D eigenvalue weighted by atomic mass is 9.93. The molecule has 0 amide bonds. The van der Waals surface area contributed by atoms with Crippen molar-refractivity contribution >= 4 is 17.4 Å². The van der Waals surface area contributed by atoms with Gasteiger partial charge in [-0.2, -0.15) is 0 Å². The minimum atomic E-state index is -0.262. The number of ketones is 1. The van der Waals surface area contributed by atoms with Crippen molar-refractivity contribution in [1.29, 1.82) is 0 Å². The van der Waals surface area contributed by atoms with E-state index >= 15 is 0 Å². The molecule has 0 unspecified atom stereocenters. The quantitative estimate of drug-likeness (QED) is 0.838. The third kappa shape index (κ3) is 3.30. The SMILES string of the molecule is CN(Cc1cc(F)ccc1Cl)C1CCC(=O)CC1. The van der Waals surface area contributed by atoms with Crippen molar-refractivity contribution in [2.75, 3.05) is 7.05 Å². The van der Waals surface area contributed by atoms with Crippen LogP contribution in [-0.4, -0.2) is 23.8 Å². The molecule has 98 valence electrons. The van der Waals surface area contributed by atoms with Crippen LogP contribution in [0, 0.1) is 5.82 Å². The Morgan fingerprint density at radius 3 is 2.72 bits per heavy atom. The Morgan fingerprint density at radius 2 is 2.06 bits per heavy atom. The Labute approximate surface area is 112 Å². The molecule has 0 N–H and O–H groups in total. The molecule has 0 aromatic heterocycles. The second-order valence-electron chi connectivity index (χ2n) is 4.92. The smallest absolute Gasteiger partial charge is 0.133 e. The fourth-order valence-corrected chi connectivity index (χ4v) is 2.60. The minimum absolute atomic E-state index is 0.262. The standard InChI is InChI=1S/C14H17ClFNO/c1-17(12-3-5-13(18)6-4-12)9-10-8-11(16)2-7-14(10)15/h2,7-8,12H,3-6,9H2,1H3. The van der Waals surface area contributed by atoms with Gasteiger partial charge in [0.15, 0.2) is 0 Å². The van der Waals surface area contributed by atoms with Crippen LogP contribution in [0.3, 0.4) is 0 Å². The van der Waals surface area contributed by atoms with E-state index in [4.69, 9.17) is 11.6 Å². The number of carbonyl (C=O) groups excluding carboxylic acids is 1. The van der Waals surface area contributed by atoms with Crippen molar-refractivity contribution in [2.24, 2.45) is 0 Å². The molecular weight excluding hydrogens is 253 g/mol. The number of rotatable bonds is 3. The average Bonchev–Trinajstić information content (AvgIpc) is 2.34. The highest BCUT2D eigenvalue weighted by Crippen LogP contribution is 2.24. The van der Waals surface area contributed by atoms with Gasteiger partial charge in [0.25, 0.3) is 0 Å². The van der Waals surface area contributed by atoms with E-state index in [1.165, 1.54) is 12.1 Å². The van der Waals surface area contributed by atoms with Crippen molar-refractivity contribution in [3.63, 3.8) is 0 Å². The number of halogens is 2. The van der Waals surface area contributed by atoms with Crippen LogP contribution in [0.1, 0.15) is 31.2 Å². The fourth-order valence-electron chi connectivity index (χ4n) is 2.43. The van der Waals surface area contributed by atoms with E-state index in [-0.39, 0.29) is 5.82 Å². The summed E-state index contributed by atoms with van der Waals surface area (Å²) >= 11 is 6.05. The predicted molar refractivity (Wildman–Crippen MR) is 70.1 cm³/mol. The van der Waals surface area contributed by atoms with Gasteiger partial charge in [0.2, 0.25) is 0 Å². The van der Waals surface area contributed by atoms with Crippen molar-refractivity contribution in [3.8, 4) is 0 Å². The van der Waals surface area contributed by atoms with Gasteiger partial charge in [-0.3, -0.25) is 9.69 Å². The third-order valence-corrected chi connectivity index (χ3v) is 3.93. The molecule has 1 aromatic carbocycles. The molecule has 2 rings (SSSR count). The molecule has 0 radical (unpaired) electrons. The summed E-state index contributed by atoms with van der Waals surface area (Å²) in [5.74, 6) is 0.0880. The summed E-state index contributed by atoms with van der Waals surface area (Å²) in [5.41, 5.74) is 0.802. The van der Waals surface area contributed by atoms with Gasteiger partial charge in [-0.25, -0.2) is 4.39 Å². The molecule has 2 nitrogen and oxygen atoms in total. The second kappa shape index (κ2) is 5.81. The maximum atomic E-state index is 13.2. The molecule has 1 aromatic rings. The lowest BCUT2D eigenvalue weighted by molar-refractivity contribution is -0.121. The first kappa shape index (κ1) is 13.5. The van der Waals surface area contributed by atoms with Crippen LogP contribution in [0.2, 0.25) is 5.02 Å². The van der Waals surface area contributed by atoms with Crippen LogP contribution in [0.5, 0.6) is 0 Å². The fraction of sp³-hybridized carbons (Fsp3) is 0.500. The van der Waals surface area contributed by atoms with Gasteiger partial charge in [-0.15, -0.1) is 0 Å². The van der Waals surface area contributed by atoms with E-state index in [0.717, 1.165) is 18.4 Å². The number of hydrogen-bond donors (Lipinski definition) is 0. The van der Waals surface area contributed by atoms with Crippen LogP contribution >= 0.6 is 11.6 Å². The summed E-state index contributed by atoms with van der Waals surface area (Å²) in [5, 5.41) is 0.593. The van der Waals surface area contributed by atoms with Crippen LogP contribution in [0.25, 0.3) is 0 Å². The molecule has 0 heterocycles. The summed E-state index contributed by atoms with van der Waals surface area (Å²) in [6.45, 7) is 0.620. The molecule has 0 atom stereocenters. The first-order chi connectivity index (χ1) is 8.56. The summed E-state index contributed by atoms with van der Waals surface area (Å²) in [7, 11) is 2.00. The Hall–Kier alpha value is -0.930. The van der Waals surface area contributed by atoms with Crippen LogP contribution in [0.15, 0.2) is 18.2 Å². The molecule has 1 saturated carbocycles. The molecule has 0 aliphatic heterocycles. The third-order valence-electron chi connectivity index (χ3n) is 3.56. The summed E-state index contributed by atoms with van der Waals surface area (Å²) < 4.78 is 13.2. The van der Waals surface area contributed by atoms with E-state index in [9.17, 15) is 9.18 Å². The van der Waals surface area contributed by atoms with Gasteiger partial charge < -0.3 is 0 Å². The highest BCUT2D eigenvalue weighted by Gasteiger charge is 2.22. The molecule has 1 aliphatic carbocycles. The van der Waals surface area contributed by atoms with Crippen LogP contribution in [0.4, 0.5) is 4.39 Å². The number of hydrogen-bond acceptors (Lipinski definition) is 2. The second-order valence-corrected chi connectivity index (χ2v) is 5.33. The minimum Gasteiger partial charge on any atom is -0.300 e. The zero-order valence-corrected chi connectivity index (χ0v) is 11.2. The van der Waals surface area contributed by atoms with Gasteiger partial charge in [0.05, 0.1) is 0 Å². The molecule has 18 heavy (non-hydrogen) atoms. The summed E-state index contributed by atoms with van der Waals surface area (Å²) in [6.07, 6.45) is 3.10. The zero-order valence-electron chi connectivity index (χ0n) is 10.5. The van der Waals surface area contributed by atoms with E-state index in [2.05, 4.69) is 4.90 Å². The van der Waals surface area contributed by atoms with Crippen molar-refractivity contribution in [1.82, 2.24) is 4.90 Å². The van der Waals surface area contributed by atoms with Gasteiger partial charge in [0.1, 0.15) is 11.6 Å². The van der Waals surface area contributed by atoms with Gasteiger partial charge in [-0.1, -0.05) is 11.6 Å². The molecule has 1 fully saturated rings. The maximum Gasteiger partial charge on any atom is 0.133 e. The molecule has 1 aliphatic rings. The van der Waals surface area contributed by atoms with Gasteiger partial charge in [0, 0.05) is 30.5 Å². The Morgan fingerprint density at radius 1 is 1.39 bits per heavy atom. The molecule has 4 heteroatoms. The van der Waals surface area contributed by atoms with E-state index in [1.807, 2.05) is 7.05 Å². The van der Waals surface area contributed by atoms with Gasteiger partial charge in [-0.05, 0) is 43.7 Å². The average molecular weight is 270 g/mol. The lowest BCUT2D eigenvalue weighted by Gasteiger charge is -2.30. The summed E-state index contributed by atoms with van der Waals surface area (Å²) in [6, 6.07) is 4.82. The largest absolute Gasteiger partial charge is 0.300 e. The first-order valence-electron chi connectivity index (χ1n) is 6.22. The maximum absolute atomic E-state index is 13.2. The van der Waals surface area contributed by atoms with E-state index in [0.29, 0.717) is 36.2 Å². The van der Waals surface area contributed by atoms with Crippen LogP contribution in [-0.2, 0) is 11.3 Å². The highest BCUT2D eigenvalue weighted by atomic mass is 35.5. The number of nitrogens with zero attached hydrogens (tertiary/aromatic N) is 1. The summed E-state index contributed by atoms with van der Waals surface area (Å²) in [4.78, 5) is 13.4.